The Labute approximate surface area is 139 Å². The number of nitrogens with one attached hydrogen (secondary N) is 1. The van der Waals surface area contributed by atoms with Gasteiger partial charge in [-0.3, -0.25) is 9.59 Å². The molecule has 0 bridgehead atoms. The number of hydrogen-bond donors (Lipinski definition) is 2. The summed E-state index contributed by atoms with van der Waals surface area (Å²) in [5.41, 5.74) is 0.905. The highest BCUT2D eigenvalue weighted by molar-refractivity contribution is 6.11. The molecule has 0 atom stereocenters. The number of carbonyl (C=O) groups excluding carboxylic acids is 2. The first kappa shape index (κ1) is 17.4. The Kier molecular flexibility index (Phi) is 5.44. The quantitative estimate of drug-likeness (QED) is 0.796. The van der Waals surface area contributed by atoms with Gasteiger partial charge in [-0.15, -0.1) is 0 Å². The van der Waals surface area contributed by atoms with E-state index in [4.69, 9.17) is 5.11 Å². The van der Waals surface area contributed by atoms with E-state index >= 15 is 0 Å². The standard InChI is InChI=1S/C18H18N2O4/c1-20(2)11-16(21)12-6-5-7-13(10-12)19-17(22)14-8-3-4-9-15(14)18(23)24/h3-10H,11H2,1-2H3,(H,19,22)(H,23,24). The van der Waals surface area contributed by atoms with Crippen LogP contribution < -0.4 is 5.32 Å². The predicted octanol–water partition coefficient (Wildman–Crippen LogP) is 2.38. The van der Waals surface area contributed by atoms with E-state index < -0.39 is 11.9 Å². The largest absolute Gasteiger partial charge is 0.478 e. The van der Waals surface area contributed by atoms with E-state index in [0.29, 0.717) is 11.3 Å². The second-order valence-electron chi connectivity index (χ2n) is 5.55. The number of carboxylic acids is 1. The van der Waals surface area contributed by atoms with Crippen molar-refractivity contribution in [3.8, 4) is 0 Å². The average Bonchev–Trinajstić information content (AvgIpc) is 2.54. The molecule has 2 aromatic carbocycles. The summed E-state index contributed by atoms with van der Waals surface area (Å²) < 4.78 is 0. The van der Waals surface area contributed by atoms with Crippen LogP contribution in [0, 0.1) is 0 Å². The minimum Gasteiger partial charge on any atom is -0.478 e. The van der Waals surface area contributed by atoms with Crippen molar-refractivity contribution in [2.24, 2.45) is 0 Å². The van der Waals surface area contributed by atoms with Crippen LogP contribution in [0.25, 0.3) is 0 Å². The molecule has 2 rings (SSSR count). The van der Waals surface area contributed by atoms with Crippen LogP contribution in [0.5, 0.6) is 0 Å². The molecule has 124 valence electrons. The van der Waals surface area contributed by atoms with Crippen molar-refractivity contribution in [2.45, 2.75) is 0 Å². The molecule has 2 N–H and O–H groups in total. The highest BCUT2D eigenvalue weighted by Crippen LogP contribution is 2.15. The molecule has 0 unspecified atom stereocenters. The number of amides is 1. The van der Waals surface area contributed by atoms with Crippen LogP contribution in [-0.4, -0.2) is 48.3 Å². The lowest BCUT2D eigenvalue weighted by molar-refractivity contribution is 0.0692. The summed E-state index contributed by atoms with van der Waals surface area (Å²) in [5.74, 6) is -1.78. The highest BCUT2D eigenvalue weighted by Gasteiger charge is 2.16. The molecular formula is C18H18N2O4. The van der Waals surface area contributed by atoms with E-state index in [2.05, 4.69) is 5.32 Å². The summed E-state index contributed by atoms with van der Waals surface area (Å²) in [6.45, 7) is 0.263. The minimum absolute atomic E-state index is 0.0648. The molecule has 0 aliphatic carbocycles. The van der Waals surface area contributed by atoms with Crippen LogP contribution >= 0.6 is 0 Å². The maximum Gasteiger partial charge on any atom is 0.336 e. The van der Waals surface area contributed by atoms with Crippen LogP contribution in [0.3, 0.4) is 0 Å². The molecular weight excluding hydrogens is 308 g/mol. The number of Topliss-reactive ketones (excluding diaryl/α,β-unsaturated/α-hetero) is 1. The van der Waals surface area contributed by atoms with Gasteiger partial charge in [0.15, 0.2) is 5.78 Å². The molecule has 24 heavy (non-hydrogen) atoms. The van der Waals surface area contributed by atoms with Crippen molar-refractivity contribution < 1.29 is 19.5 Å². The van der Waals surface area contributed by atoms with Crippen LogP contribution in [0.4, 0.5) is 5.69 Å². The first-order chi connectivity index (χ1) is 11.4. The Bertz CT molecular complexity index is 784. The fraction of sp³-hybridized carbons (Fsp3) is 0.167. The zero-order valence-electron chi connectivity index (χ0n) is 13.4. The molecule has 0 heterocycles. The van der Waals surface area contributed by atoms with E-state index in [-0.39, 0.29) is 23.5 Å². The van der Waals surface area contributed by atoms with E-state index in [0.717, 1.165) is 0 Å². The fourth-order valence-electron chi connectivity index (χ4n) is 2.21. The number of likely N-dealkylation sites (N-methyl/N-ethyl adjacent to an activating group) is 1. The third kappa shape index (κ3) is 4.27. The molecule has 0 spiro atoms. The highest BCUT2D eigenvalue weighted by atomic mass is 16.4. The second-order valence-corrected chi connectivity index (χ2v) is 5.55. The van der Waals surface area contributed by atoms with Gasteiger partial charge in [0.05, 0.1) is 17.7 Å². The summed E-state index contributed by atoms with van der Waals surface area (Å²) >= 11 is 0. The molecule has 2 aromatic rings. The van der Waals surface area contributed by atoms with E-state index in [1.807, 2.05) is 0 Å². The van der Waals surface area contributed by atoms with Crippen LogP contribution in [0.1, 0.15) is 31.1 Å². The summed E-state index contributed by atoms with van der Waals surface area (Å²) in [4.78, 5) is 37.4. The number of aromatic carboxylic acids is 1. The number of rotatable bonds is 6. The topological polar surface area (TPSA) is 86.7 Å². The molecule has 1 amide bonds. The second kappa shape index (κ2) is 7.52. The van der Waals surface area contributed by atoms with Gasteiger partial charge in [0, 0.05) is 11.3 Å². The lowest BCUT2D eigenvalue weighted by atomic mass is 10.1. The number of carboxylic acid groups (broad SMARTS) is 1. The Hall–Kier alpha value is -2.99. The third-order valence-corrected chi connectivity index (χ3v) is 3.30. The summed E-state index contributed by atoms with van der Waals surface area (Å²) in [5, 5.41) is 11.8. The average molecular weight is 326 g/mol. The Balaban J connectivity index is 2.21. The number of benzene rings is 2. The van der Waals surface area contributed by atoms with Crippen molar-refractivity contribution >= 4 is 23.3 Å². The van der Waals surface area contributed by atoms with Crippen molar-refractivity contribution in [3.05, 3.63) is 65.2 Å². The van der Waals surface area contributed by atoms with Gasteiger partial charge in [-0.2, -0.15) is 0 Å². The lowest BCUT2D eigenvalue weighted by Gasteiger charge is -2.11. The smallest absolute Gasteiger partial charge is 0.336 e. The maximum absolute atomic E-state index is 12.3. The van der Waals surface area contributed by atoms with Gasteiger partial charge in [0.1, 0.15) is 0 Å². The van der Waals surface area contributed by atoms with Gasteiger partial charge >= 0.3 is 5.97 Å². The first-order valence-electron chi connectivity index (χ1n) is 7.30. The van der Waals surface area contributed by atoms with Crippen molar-refractivity contribution in [3.63, 3.8) is 0 Å². The molecule has 0 saturated heterocycles. The molecule has 0 saturated carbocycles. The molecule has 0 aromatic heterocycles. The van der Waals surface area contributed by atoms with E-state index in [9.17, 15) is 14.4 Å². The first-order valence-corrected chi connectivity index (χ1v) is 7.30. The minimum atomic E-state index is -1.17. The summed E-state index contributed by atoms with van der Waals surface area (Å²) in [6, 6.07) is 12.5. The van der Waals surface area contributed by atoms with Crippen LogP contribution in [0.15, 0.2) is 48.5 Å². The van der Waals surface area contributed by atoms with Gasteiger partial charge in [0.2, 0.25) is 0 Å². The third-order valence-electron chi connectivity index (χ3n) is 3.30. The number of anilines is 1. The van der Waals surface area contributed by atoms with Crippen molar-refractivity contribution in [2.75, 3.05) is 26.0 Å². The number of ketones is 1. The number of nitrogens with zero attached hydrogens (tertiary/aromatic N) is 1. The van der Waals surface area contributed by atoms with Crippen molar-refractivity contribution in [1.29, 1.82) is 0 Å². The van der Waals surface area contributed by atoms with Gasteiger partial charge in [-0.05, 0) is 38.4 Å². The zero-order valence-corrected chi connectivity index (χ0v) is 13.4. The molecule has 0 radical (unpaired) electrons. The predicted molar refractivity (Wildman–Crippen MR) is 90.7 cm³/mol. The van der Waals surface area contributed by atoms with Crippen LogP contribution in [0.2, 0.25) is 0 Å². The summed E-state index contributed by atoms with van der Waals surface area (Å²) in [7, 11) is 3.60. The molecule has 0 aliphatic rings. The van der Waals surface area contributed by atoms with Crippen LogP contribution in [-0.2, 0) is 0 Å². The molecule has 0 aliphatic heterocycles. The zero-order chi connectivity index (χ0) is 17.7. The maximum atomic E-state index is 12.3. The Morgan fingerprint density at radius 3 is 2.29 bits per heavy atom. The normalized spacial score (nSPS) is 10.5. The molecule has 6 heteroatoms. The van der Waals surface area contributed by atoms with Gasteiger partial charge in [-0.25, -0.2) is 4.79 Å². The molecule has 0 fully saturated rings. The van der Waals surface area contributed by atoms with Gasteiger partial charge < -0.3 is 15.3 Å². The van der Waals surface area contributed by atoms with E-state index in [1.54, 1.807) is 55.4 Å². The van der Waals surface area contributed by atoms with Gasteiger partial charge in [-0.1, -0.05) is 24.3 Å². The fourth-order valence-corrected chi connectivity index (χ4v) is 2.21. The van der Waals surface area contributed by atoms with E-state index in [1.165, 1.54) is 12.1 Å². The summed E-state index contributed by atoms with van der Waals surface area (Å²) in [6.07, 6.45) is 0. The Morgan fingerprint density at radius 2 is 1.67 bits per heavy atom. The lowest BCUT2D eigenvalue weighted by Crippen LogP contribution is -2.22. The molecule has 6 nitrogen and oxygen atoms in total. The number of carbonyl (C=O) groups is 3. The van der Waals surface area contributed by atoms with Gasteiger partial charge in [0.25, 0.3) is 5.91 Å². The van der Waals surface area contributed by atoms with Crippen molar-refractivity contribution in [1.82, 2.24) is 4.90 Å². The monoisotopic (exact) mass is 326 g/mol. The Morgan fingerprint density at radius 1 is 1.00 bits per heavy atom. The number of hydrogen-bond acceptors (Lipinski definition) is 4. The SMILES string of the molecule is CN(C)CC(=O)c1cccc(NC(=O)c2ccccc2C(=O)O)c1.